The van der Waals surface area contributed by atoms with E-state index in [1.165, 1.54) is 12.1 Å². The predicted octanol–water partition coefficient (Wildman–Crippen LogP) is 4.16. The average Bonchev–Trinajstić information content (AvgIpc) is 2.68. The van der Waals surface area contributed by atoms with Gasteiger partial charge in [0, 0.05) is 18.2 Å². The van der Waals surface area contributed by atoms with Gasteiger partial charge in [0.2, 0.25) is 5.91 Å². The van der Waals surface area contributed by atoms with E-state index in [9.17, 15) is 13.2 Å². The van der Waals surface area contributed by atoms with Crippen molar-refractivity contribution >= 4 is 27.3 Å². The molecule has 0 saturated heterocycles. The molecule has 0 unspecified atom stereocenters. The number of amides is 1. The lowest BCUT2D eigenvalue weighted by Gasteiger charge is -2.18. The maximum atomic E-state index is 12.8. The zero-order valence-electron chi connectivity index (χ0n) is 14.9. The van der Waals surface area contributed by atoms with Crippen LogP contribution in [0, 0.1) is 0 Å². The van der Waals surface area contributed by atoms with E-state index < -0.39 is 10.0 Å². The van der Waals surface area contributed by atoms with Crippen LogP contribution in [0.1, 0.15) is 12.0 Å². The molecular weight excluding hydrogens is 376 g/mol. The molecule has 1 aliphatic heterocycles. The van der Waals surface area contributed by atoms with Crippen LogP contribution in [-0.2, 0) is 21.2 Å². The fourth-order valence-electron chi connectivity index (χ4n) is 2.98. The highest BCUT2D eigenvalue weighted by Gasteiger charge is 2.18. The molecule has 0 saturated carbocycles. The van der Waals surface area contributed by atoms with E-state index in [4.69, 9.17) is 4.74 Å². The number of benzene rings is 3. The molecule has 0 spiro atoms. The van der Waals surface area contributed by atoms with E-state index in [0.717, 1.165) is 5.56 Å². The van der Waals surface area contributed by atoms with Crippen LogP contribution in [-0.4, -0.2) is 14.3 Å². The summed E-state index contributed by atoms with van der Waals surface area (Å²) >= 11 is 0. The van der Waals surface area contributed by atoms with E-state index in [1.54, 1.807) is 36.4 Å². The first-order valence-electron chi connectivity index (χ1n) is 8.78. The smallest absolute Gasteiger partial charge is 0.262 e. The van der Waals surface area contributed by atoms with Gasteiger partial charge in [-0.25, -0.2) is 8.42 Å². The third-order valence-electron chi connectivity index (χ3n) is 4.35. The molecule has 28 heavy (non-hydrogen) atoms. The van der Waals surface area contributed by atoms with Crippen molar-refractivity contribution in [3.05, 3.63) is 78.4 Å². The number of aryl methyl sites for hydroxylation is 1. The van der Waals surface area contributed by atoms with Crippen LogP contribution in [0.4, 0.5) is 11.4 Å². The number of anilines is 2. The number of carbonyl (C=O) groups is 1. The summed E-state index contributed by atoms with van der Waals surface area (Å²) in [5.41, 5.74) is 2.01. The van der Waals surface area contributed by atoms with Crippen LogP contribution in [0.2, 0.25) is 0 Å². The van der Waals surface area contributed by atoms with E-state index in [2.05, 4.69) is 10.0 Å². The van der Waals surface area contributed by atoms with Gasteiger partial charge in [-0.15, -0.1) is 0 Å². The summed E-state index contributed by atoms with van der Waals surface area (Å²) in [6.45, 7) is 0. The van der Waals surface area contributed by atoms with Crippen molar-refractivity contribution in [2.24, 2.45) is 0 Å². The number of hydrogen-bond acceptors (Lipinski definition) is 4. The molecular formula is C21H18N2O4S. The van der Waals surface area contributed by atoms with E-state index >= 15 is 0 Å². The summed E-state index contributed by atoms with van der Waals surface area (Å²) in [6, 6.07) is 20.6. The van der Waals surface area contributed by atoms with Gasteiger partial charge >= 0.3 is 0 Å². The number of hydrogen-bond donors (Lipinski definition) is 2. The summed E-state index contributed by atoms with van der Waals surface area (Å²) in [5, 5.41) is 2.77. The monoisotopic (exact) mass is 394 g/mol. The Morgan fingerprint density at radius 3 is 2.46 bits per heavy atom. The number of para-hydroxylation sites is 1. The summed E-state index contributed by atoms with van der Waals surface area (Å²) in [6.07, 6.45) is 1.08. The third kappa shape index (κ3) is 3.99. The lowest BCUT2D eigenvalue weighted by molar-refractivity contribution is -0.116. The minimum absolute atomic E-state index is 0.0710. The third-order valence-corrected chi connectivity index (χ3v) is 5.73. The Kier molecular flexibility index (Phi) is 4.75. The molecule has 3 aromatic carbocycles. The molecule has 0 aromatic heterocycles. The van der Waals surface area contributed by atoms with E-state index in [1.807, 2.05) is 24.3 Å². The molecule has 0 bridgehead atoms. The molecule has 1 heterocycles. The molecule has 0 aliphatic carbocycles. The molecule has 4 rings (SSSR count). The van der Waals surface area contributed by atoms with Gasteiger partial charge in [0.25, 0.3) is 10.0 Å². The summed E-state index contributed by atoms with van der Waals surface area (Å²) in [4.78, 5) is 11.7. The Hall–Kier alpha value is -3.32. The van der Waals surface area contributed by atoms with Gasteiger partial charge in [-0.3, -0.25) is 9.52 Å². The highest BCUT2D eigenvalue weighted by atomic mass is 32.2. The molecule has 0 radical (unpaired) electrons. The van der Waals surface area contributed by atoms with Gasteiger partial charge in [-0.05, 0) is 48.4 Å². The van der Waals surface area contributed by atoms with Crippen molar-refractivity contribution in [3.8, 4) is 11.5 Å². The van der Waals surface area contributed by atoms with Gasteiger partial charge in [0.15, 0.2) is 0 Å². The quantitative estimate of drug-likeness (QED) is 0.680. The van der Waals surface area contributed by atoms with E-state index in [-0.39, 0.29) is 10.8 Å². The number of rotatable bonds is 5. The van der Waals surface area contributed by atoms with Crippen LogP contribution < -0.4 is 14.8 Å². The minimum atomic E-state index is -3.81. The van der Waals surface area contributed by atoms with E-state index in [0.29, 0.717) is 35.7 Å². The second kappa shape index (κ2) is 7.36. The Morgan fingerprint density at radius 1 is 0.857 bits per heavy atom. The van der Waals surface area contributed by atoms with Crippen molar-refractivity contribution in [2.75, 3.05) is 10.0 Å². The first kappa shape index (κ1) is 18.1. The summed E-state index contributed by atoms with van der Waals surface area (Å²) in [7, 11) is -3.81. The molecule has 6 nitrogen and oxygen atoms in total. The number of sulfonamides is 1. The Bertz CT molecular complexity index is 1130. The standard InChI is InChI=1S/C21H18N2O4S/c24-21-12-10-15-9-11-16(13-20(15)22-21)23-28(25,26)19-8-4-7-18(14-19)27-17-5-2-1-3-6-17/h1-9,11,13-14,23H,10,12H2,(H,22,24). The maximum absolute atomic E-state index is 12.8. The second-order valence-electron chi connectivity index (χ2n) is 6.42. The van der Waals surface area contributed by atoms with Gasteiger partial charge in [-0.2, -0.15) is 0 Å². The molecule has 3 aromatic rings. The first-order chi connectivity index (χ1) is 13.5. The lowest BCUT2D eigenvalue weighted by atomic mass is 10.0. The van der Waals surface area contributed by atoms with Gasteiger partial charge < -0.3 is 10.1 Å². The zero-order valence-corrected chi connectivity index (χ0v) is 15.7. The van der Waals surface area contributed by atoms with Gasteiger partial charge in [0.05, 0.1) is 10.6 Å². The highest BCUT2D eigenvalue weighted by molar-refractivity contribution is 7.92. The maximum Gasteiger partial charge on any atom is 0.262 e. The first-order valence-corrected chi connectivity index (χ1v) is 10.3. The van der Waals surface area contributed by atoms with Crippen LogP contribution in [0.5, 0.6) is 11.5 Å². The van der Waals surface area contributed by atoms with Crippen LogP contribution in [0.3, 0.4) is 0 Å². The number of carbonyl (C=O) groups excluding carboxylic acids is 1. The van der Waals surface area contributed by atoms with Crippen molar-refractivity contribution in [1.29, 1.82) is 0 Å². The van der Waals surface area contributed by atoms with Crippen molar-refractivity contribution < 1.29 is 17.9 Å². The molecule has 142 valence electrons. The van der Waals surface area contributed by atoms with Crippen LogP contribution in [0.15, 0.2) is 77.7 Å². The molecule has 1 aliphatic rings. The van der Waals surface area contributed by atoms with Gasteiger partial charge in [-0.1, -0.05) is 30.3 Å². The molecule has 2 N–H and O–H groups in total. The summed E-state index contributed by atoms with van der Waals surface area (Å²) in [5.74, 6) is 0.973. The fourth-order valence-corrected chi connectivity index (χ4v) is 4.06. The number of ether oxygens (including phenoxy) is 1. The lowest BCUT2D eigenvalue weighted by Crippen LogP contribution is -2.19. The number of nitrogens with one attached hydrogen (secondary N) is 2. The summed E-state index contributed by atoms with van der Waals surface area (Å²) < 4.78 is 33.8. The predicted molar refractivity (Wildman–Crippen MR) is 107 cm³/mol. The van der Waals surface area contributed by atoms with Gasteiger partial charge in [0.1, 0.15) is 11.5 Å². The Morgan fingerprint density at radius 2 is 1.64 bits per heavy atom. The topological polar surface area (TPSA) is 84.5 Å². The van der Waals surface area contributed by atoms with Crippen molar-refractivity contribution in [1.82, 2.24) is 0 Å². The largest absolute Gasteiger partial charge is 0.457 e. The minimum Gasteiger partial charge on any atom is -0.457 e. The Labute approximate surface area is 163 Å². The number of fused-ring (bicyclic) bond motifs is 1. The molecule has 0 fully saturated rings. The second-order valence-corrected chi connectivity index (χ2v) is 8.10. The SMILES string of the molecule is O=C1CCc2ccc(NS(=O)(=O)c3cccc(Oc4ccccc4)c3)cc2N1. The van der Waals surface area contributed by atoms with Crippen molar-refractivity contribution in [2.45, 2.75) is 17.7 Å². The average molecular weight is 394 g/mol. The normalized spacial score (nSPS) is 13.4. The Balaban J connectivity index is 1.56. The van der Waals surface area contributed by atoms with Crippen LogP contribution >= 0.6 is 0 Å². The highest BCUT2D eigenvalue weighted by Crippen LogP contribution is 2.28. The molecule has 1 amide bonds. The molecule has 7 heteroatoms. The van der Waals surface area contributed by atoms with Crippen molar-refractivity contribution in [3.63, 3.8) is 0 Å². The molecule has 0 atom stereocenters. The van der Waals surface area contributed by atoms with Crippen LogP contribution in [0.25, 0.3) is 0 Å². The fraction of sp³-hybridized carbons (Fsp3) is 0.0952. The zero-order chi connectivity index (χ0) is 19.6.